The van der Waals surface area contributed by atoms with Crippen LogP contribution in [0.25, 0.3) is 72.4 Å². The quantitative estimate of drug-likeness (QED) is 0.201. The first kappa shape index (κ1) is 24.7. The highest BCUT2D eigenvalue weighted by Gasteiger charge is 2.27. The summed E-state index contributed by atoms with van der Waals surface area (Å²) >= 11 is 0. The Kier molecular flexibility index (Phi) is 5.66. The van der Waals surface area contributed by atoms with Gasteiger partial charge in [-0.15, -0.1) is 0 Å². The Hall–Kier alpha value is -5.55. The smallest absolute Gasteiger partial charge is 0.154 e. The van der Waals surface area contributed by atoms with Crippen LogP contribution in [0.2, 0.25) is 0 Å². The minimum Gasteiger partial charge on any atom is -0.454 e. The number of aryl methyl sites for hydroxylation is 1. The van der Waals surface area contributed by atoms with E-state index in [9.17, 15) is 0 Å². The van der Waals surface area contributed by atoms with E-state index in [1.54, 1.807) is 42.6 Å². The first-order valence-electron chi connectivity index (χ1n) is 16.8. The second kappa shape index (κ2) is 10.5. The number of aromatic nitrogens is 3. The molecule has 5 aromatic carbocycles. The largest absolute Gasteiger partial charge is 0.454 e. The molecule has 0 saturated carbocycles. The molecule has 0 N–H and O–H groups in total. The van der Waals surface area contributed by atoms with Gasteiger partial charge in [-0.05, 0) is 59.3 Å². The molecule has 4 nitrogen and oxygen atoms in total. The minimum absolute atomic E-state index is 0.255. The Labute approximate surface area is 271 Å². The van der Waals surface area contributed by atoms with Crippen LogP contribution < -0.4 is 0 Å². The van der Waals surface area contributed by atoms with Crippen molar-refractivity contribution >= 4 is 33.1 Å². The van der Waals surface area contributed by atoms with Crippen LogP contribution in [0.4, 0.5) is 4.39 Å². The van der Waals surface area contributed by atoms with E-state index in [4.69, 9.17) is 18.5 Å². The van der Waals surface area contributed by atoms with Crippen LogP contribution in [0.15, 0.2) is 126 Å². The van der Waals surface area contributed by atoms with Crippen LogP contribution >= 0.6 is 0 Å². The number of furan rings is 1. The van der Waals surface area contributed by atoms with E-state index in [0.717, 1.165) is 44.5 Å². The summed E-state index contributed by atoms with van der Waals surface area (Å²) in [6.07, 6.45) is 1.78. The number of fused-ring (bicyclic) bond motifs is 4. The number of nitrogens with zero attached hydrogens (tertiary/aromatic N) is 3. The predicted molar refractivity (Wildman–Crippen MR) is 186 cm³/mol. The minimum atomic E-state index is -2.17. The lowest BCUT2D eigenvalue weighted by atomic mass is 9.83. The van der Waals surface area contributed by atoms with Crippen LogP contribution in [0, 0.1) is 12.7 Å². The van der Waals surface area contributed by atoms with Crippen molar-refractivity contribution in [3.8, 4) is 39.3 Å². The second-order valence-electron chi connectivity index (χ2n) is 12.7. The molecule has 224 valence electrons. The van der Waals surface area contributed by atoms with Crippen molar-refractivity contribution in [2.75, 3.05) is 0 Å². The molecule has 0 aliphatic carbocycles. The molecule has 0 atom stereocenters. The first-order chi connectivity index (χ1) is 23.5. The van der Waals surface area contributed by atoms with Gasteiger partial charge in [-0.1, -0.05) is 105 Å². The van der Waals surface area contributed by atoms with Crippen LogP contribution in [0.3, 0.4) is 0 Å². The average molecular weight is 605 g/mol. The summed E-state index contributed by atoms with van der Waals surface area (Å²) in [5.41, 5.74) is 9.70. The van der Waals surface area contributed by atoms with Gasteiger partial charge in [-0.25, -0.2) is 9.37 Å². The van der Waals surface area contributed by atoms with Gasteiger partial charge in [0.1, 0.15) is 22.7 Å². The second-order valence-corrected chi connectivity index (χ2v) is 12.7. The maximum atomic E-state index is 15.1. The molecule has 0 spiro atoms. The van der Waals surface area contributed by atoms with E-state index >= 15 is 4.39 Å². The molecule has 8 rings (SSSR count). The Balaban J connectivity index is 1.39. The third-order valence-electron chi connectivity index (χ3n) is 8.56. The highest BCUT2D eigenvalue weighted by Crippen LogP contribution is 2.43. The molecule has 0 aliphatic rings. The van der Waals surface area contributed by atoms with Crippen molar-refractivity contribution in [2.45, 2.75) is 33.0 Å². The molecule has 0 amide bonds. The lowest BCUT2D eigenvalue weighted by Gasteiger charge is -2.27. The van der Waals surface area contributed by atoms with E-state index < -0.39 is 6.85 Å². The predicted octanol–water partition coefficient (Wildman–Crippen LogP) is 11.1. The van der Waals surface area contributed by atoms with Gasteiger partial charge in [-0.3, -0.25) is 9.55 Å². The number of halogens is 1. The fourth-order valence-electron chi connectivity index (χ4n) is 6.36. The fourth-order valence-corrected chi connectivity index (χ4v) is 6.36. The number of benzene rings is 5. The van der Waals surface area contributed by atoms with Crippen molar-refractivity contribution in [1.29, 1.82) is 0 Å². The molecule has 5 heteroatoms. The SMILES string of the molecule is [2H]C([2H])([2H])c1ccc(-c2cnc3c(c2)oc2c(-c4nc5ccc(F)cc5n4-c4c(-c5ccccc5)cccc4C(C)(C)C)cccc23)cc1. The monoisotopic (exact) mass is 604 g/mol. The van der Waals surface area contributed by atoms with Crippen molar-refractivity contribution in [3.63, 3.8) is 0 Å². The Morgan fingerprint density at radius 3 is 2.33 bits per heavy atom. The van der Waals surface area contributed by atoms with Gasteiger partial charge in [0.25, 0.3) is 0 Å². The average Bonchev–Trinajstić information content (AvgIpc) is 3.65. The number of para-hydroxylation sites is 2. The lowest BCUT2D eigenvalue weighted by Crippen LogP contribution is -2.16. The van der Waals surface area contributed by atoms with Gasteiger partial charge < -0.3 is 4.42 Å². The Bertz CT molecular complexity index is 2530. The number of rotatable bonds is 4. The van der Waals surface area contributed by atoms with Gasteiger partial charge in [-0.2, -0.15) is 0 Å². The van der Waals surface area contributed by atoms with Crippen LogP contribution in [0.1, 0.15) is 36.0 Å². The van der Waals surface area contributed by atoms with Crippen LogP contribution in [-0.2, 0) is 5.41 Å². The van der Waals surface area contributed by atoms with Gasteiger partial charge >= 0.3 is 0 Å². The number of pyridine rings is 1. The molecule has 0 radical (unpaired) electrons. The standard InChI is InChI=1S/C41H32FN3O/c1-25-16-18-26(19-17-25)28-22-36-37(43-24-28)31-13-8-14-32(39(31)46-36)40-44-34-21-20-29(42)23-35(34)45(40)38-30(27-10-6-5-7-11-27)12-9-15-33(38)41(2,3)4/h5-24H,1-4H3/i1D3. The van der Waals surface area contributed by atoms with E-state index in [1.165, 1.54) is 6.07 Å². The van der Waals surface area contributed by atoms with Crippen LogP contribution in [-0.4, -0.2) is 14.5 Å². The molecule has 0 aliphatic heterocycles. The molecule has 0 bridgehead atoms. The van der Waals surface area contributed by atoms with E-state index in [1.807, 2.05) is 42.5 Å². The summed E-state index contributed by atoms with van der Waals surface area (Å²) in [5, 5.41) is 0.828. The Morgan fingerprint density at radius 2 is 1.54 bits per heavy atom. The summed E-state index contributed by atoms with van der Waals surface area (Å²) in [6, 6.07) is 35.9. The van der Waals surface area contributed by atoms with Gasteiger partial charge in [0.05, 0.1) is 22.3 Å². The zero-order valence-electron chi connectivity index (χ0n) is 28.7. The molecule has 0 unspecified atom stereocenters. The van der Waals surface area contributed by atoms with Crippen molar-refractivity contribution in [1.82, 2.24) is 14.5 Å². The molecule has 46 heavy (non-hydrogen) atoms. The van der Waals surface area contributed by atoms with Crippen molar-refractivity contribution < 1.29 is 12.9 Å². The zero-order valence-corrected chi connectivity index (χ0v) is 25.7. The highest BCUT2D eigenvalue weighted by atomic mass is 19.1. The third kappa shape index (κ3) is 4.59. The van der Waals surface area contributed by atoms with Gasteiger partial charge in [0, 0.05) is 32.9 Å². The molecule has 0 saturated heterocycles. The molecular formula is C41H32FN3O. The van der Waals surface area contributed by atoms with Crippen LogP contribution in [0.5, 0.6) is 0 Å². The van der Waals surface area contributed by atoms with Gasteiger partial charge in [0.2, 0.25) is 0 Å². The summed E-state index contributed by atoms with van der Waals surface area (Å²) in [5.74, 6) is 0.278. The summed E-state index contributed by atoms with van der Waals surface area (Å²) in [7, 11) is 0. The van der Waals surface area contributed by atoms with Gasteiger partial charge in [0.15, 0.2) is 5.58 Å². The highest BCUT2D eigenvalue weighted by molar-refractivity contribution is 6.08. The topological polar surface area (TPSA) is 43.9 Å². The maximum absolute atomic E-state index is 15.1. The number of hydrogen-bond donors (Lipinski definition) is 0. The number of imidazole rings is 1. The molecule has 3 aromatic heterocycles. The fraction of sp³-hybridized carbons (Fsp3) is 0.122. The lowest BCUT2D eigenvalue weighted by molar-refractivity contribution is 0.587. The first-order valence-corrected chi connectivity index (χ1v) is 15.3. The summed E-state index contributed by atoms with van der Waals surface area (Å²) in [6.45, 7) is 4.37. The molecule has 8 aromatic rings. The summed E-state index contributed by atoms with van der Waals surface area (Å²) < 4.78 is 46.9. The maximum Gasteiger partial charge on any atom is 0.154 e. The van der Waals surface area contributed by atoms with E-state index in [-0.39, 0.29) is 16.8 Å². The van der Waals surface area contributed by atoms with Crippen molar-refractivity contribution in [2.24, 2.45) is 0 Å². The zero-order chi connectivity index (χ0) is 34.1. The Morgan fingerprint density at radius 1 is 0.761 bits per heavy atom. The van der Waals surface area contributed by atoms with E-state index in [0.29, 0.717) is 33.5 Å². The molecular weight excluding hydrogens is 569 g/mol. The van der Waals surface area contributed by atoms with Crippen molar-refractivity contribution in [3.05, 3.63) is 138 Å². The molecule has 0 fully saturated rings. The number of hydrogen-bond acceptors (Lipinski definition) is 3. The normalized spacial score (nSPS) is 13.3. The summed E-state index contributed by atoms with van der Waals surface area (Å²) in [4.78, 5) is 9.95. The molecule has 3 heterocycles. The third-order valence-corrected chi connectivity index (χ3v) is 8.56. The van der Waals surface area contributed by atoms with E-state index in [2.05, 4.69) is 55.7 Å².